The third-order valence-electron chi connectivity index (χ3n) is 4.77. The van der Waals surface area contributed by atoms with Crippen molar-refractivity contribution in [3.05, 3.63) is 41.3 Å². The summed E-state index contributed by atoms with van der Waals surface area (Å²) in [7, 11) is -0.736. The Bertz CT molecular complexity index is 1050. The zero-order valence-electron chi connectivity index (χ0n) is 16.4. The maximum absolute atomic E-state index is 8.42. The molecule has 0 N–H and O–H groups in total. The normalized spacial score (nSPS) is 21.6. The maximum atomic E-state index is 8.42. The Balaban J connectivity index is 2.04. The van der Waals surface area contributed by atoms with Crippen LogP contribution in [0.5, 0.6) is 0 Å². The fourth-order valence-electron chi connectivity index (χ4n) is 2.79. The van der Waals surface area contributed by atoms with Crippen LogP contribution in [0.15, 0.2) is 40.7 Å². The van der Waals surface area contributed by atoms with Gasteiger partial charge in [-0.05, 0) is 57.4 Å². The van der Waals surface area contributed by atoms with Gasteiger partial charge >= 0.3 is 7.12 Å². The van der Waals surface area contributed by atoms with Crippen LogP contribution in [0.1, 0.15) is 31.8 Å². The predicted octanol–water partition coefficient (Wildman–Crippen LogP) is 4.54. The summed E-state index contributed by atoms with van der Waals surface area (Å²) >= 11 is 6.13. The third kappa shape index (κ3) is 2.20. The summed E-state index contributed by atoms with van der Waals surface area (Å²) in [6.07, 6.45) is 0. The van der Waals surface area contributed by atoms with Crippen molar-refractivity contribution in [1.29, 1.82) is 0 Å². The fraction of sp³-hybridized carbons (Fsp3) is 0.333. The molecule has 1 saturated heterocycles. The topological polar surface area (TPSA) is 31.6 Å². The Labute approximate surface area is 144 Å². The summed E-state index contributed by atoms with van der Waals surface area (Å²) in [5.74, 6) is 0. The first kappa shape index (κ1) is 12.0. The SMILES string of the molecule is [2H]c1ccc2oc3c([2H])c([2H])c(Cl)cc3c2c1B1OC(C)(C)C(C)(C)O1. The number of halogens is 1. The van der Waals surface area contributed by atoms with Crippen LogP contribution in [0.3, 0.4) is 0 Å². The summed E-state index contributed by atoms with van der Waals surface area (Å²) in [5.41, 5.74) is 0.248. The van der Waals surface area contributed by atoms with Gasteiger partial charge in [0.25, 0.3) is 0 Å². The fourth-order valence-corrected chi connectivity index (χ4v) is 2.95. The number of benzene rings is 2. The van der Waals surface area contributed by atoms with Crippen molar-refractivity contribution in [2.45, 2.75) is 38.9 Å². The Morgan fingerprint density at radius 1 is 1.04 bits per heavy atom. The van der Waals surface area contributed by atoms with Gasteiger partial charge in [-0.25, -0.2) is 0 Å². The Hall–Kier alpha value is -1.49. The molecule has 3 aromatic rings. The minimum atomic E-state index is -0.736. The Morgan fingerprint density at radius 2 is 1.74 bits per heavy atom. The van der Waals surface area contributed by atoms with Crippen LogP contribution in [-0.2, 0) is 9.31 Å². The first-order valence-electron chi connectivity index (χ1n) is 9.00. The highest BCUT2D eigenvalue weighted by Gasteiger charge is 2.52. The van der Waals surface area contributed by atoms with Crippen molar-refractivity contribution in [3.8, 4) is 0 Å². The molecule has 1 aliphatic heterocycles. The van der Waals surface area contributed by atoms with Crippen molar-refractivity contribution in [3.63, 3.8) is 0 Å². The molecule has 1 aliphatic rings. The molecule has 0 aliphatic carbocycles. The lowest BCUT2D eigenvalue weighted by molar-refractivity contribution is 0.00578. The molecule has 3 nitrogen and oxygen atoms in total. The first-order chi connectivity index (χ1) is 12.0. The molecular formula is C18H18BClO3. The molecule has 4 rings (SSSR count). The van der Waals surface area contributed by atoms with Gasteiger partial charge in [0, 0.05) is 15.8 Å². The molecule has 0 atom stereocenters. The summed E-state index contributed by atoms with van der Waals surface area (Å²) < 4.78 is 42.6. The summed E-state index contributed by atoms with van der Waals surface area (Å²) in [6.45, 7) is 7.81. The van der Waals surface area contributed by atoms with E-state index in [0.717, 1.165) is 0 Å². The lowest BCUT2D eigenvalue weighted by Crippen LogP contribution is -2.41. The number of rotatable bonds is 1. The minimum absolute atomic E-state index is 0.0740. The van der Waals surface area contributed by atoms with Crippen LogP contribution in [0.25, 0.3) is 21.9 Å². The molecule has 2 heterocycles. The smallest absolute Gasteiger partial charge is 0.456 e. The summed E-state index contributed by atoms with van der Waals surface area (Å²) in [4.78, 5) is 0. The standard InChI is InChI=1S/C18H18BClO3/c1-17(2)18(3,4)23-19(22-17)13-6-5-7-15-16(13)12-10-11(20)8-9-14(12)21-15/h5-10H,1-4H3/i6D,8D,9D. The number of furan rings is 1. The number of hydrogen-bond acceptors (Lipinski definition) is 3. The van der Waals surface area contributed by atoms with Gasteiger partial charge in [-0.15, -0.1) is 0 Å². The number of hydrogen-bond donors (Lipinski definition) is 0. The highest BCUT2D eigenvalue weighted by atomic mass is 35.5. The van der Waals surface area contributed by atoms with E-state index < -0.39 is 18.3 Å². The van der Waals surface area contributed by atoms with E-state index in [1.54, 1.807) is 18.2 Å². The molecule has 5 heteroatoms. The summed E-state index contributed by atoms with van der Waals surface area (Å²) in [5, 5.41) is 1.40. The highest BCUT2D eigenvalue weighted by molar-refractivity contribution is 6.66. The molecule has 0 saturated carbocycles. The quantitative estimate of drug-likeness (QED) is 0.614. The second-order valence-electron chi connectivity index (χ2n) is 6.81. The van der Waals surface area contributed by atoms with E-state index in [2.05, 4.69) is 0 Å². The molecular weight excluding hydrogens is 310 g/mol. The van der Waals surface area contributed by atoms with Gasteiger partial charge in [0.15, 0.2) is 0 Å². The van der Waals surface area contributed by atoms with Crippen molar-refractivity contribution in [2.75, 3.05) is 0 Å². The second kappa shape index (κ2) is 4.76. The van der Waals surface area contributed by atoms with Gasteiger partial charge in [0.1, 0.15) is 11.2 Å². The molecule has 23 heavy (non-hydrogen) atoms. The largest absolute Gasteiger partial charge is 0.495 e. The van der Waals surface area contributed by atoms with Crippen LogP contribution < -0.4 is 5.46 Å². The lowest BCUT2D eigenvalue weighted by atomic mass is 9.76. The highest BCUT2D eigenvalue weighted by Crippen LogP contribution is 2.38. The van der Waals surface area contributed by atoms with Crippen molar-refractivity contribution >= 4 is 46.1 Å². The number of fused-ring (bicyclic) bond motifs is 3. The molecule has 0 amide bonds. The van der Waals surface area contributed by atoms with Crippen LogP contribution >= 0.6 is 11.6 Å². The molecule has 0 unspecified atom stereocenters. The predicted molar refractivity (Wildman–Crippen MR) is 94.4 cm³/mol. The molecule has 0 radical (unpaired) electrons. The Kier molecular flexibility index (Phi) is 2.48. The van der Waals surface area contributed by atoms with E-state index in [9.17, 15) is 0 Å². The minimum Gasteiger partial charge on any atom is -0.456 e. The second-order valence-corrected chi connectivity index (χ2v) is 7.21. The average Bonchev–Trinajstić information content (AvgIpc) is 3.00. The molecule has 1 aromatic heterocycles. The maximum Gasteiger partial charge on any atom is 0.495 e. The van der Waals surface area contributed by atoms with Crippen LogP contribution in [0.4, 0.5) is 0 Å². The average molecular weight is 332 g/mol. The van der Waals surface area contributed by atoms with E-state index in [0.29, 0.717) is 21.8 Å². The summed E-state index contributed by atoms with van der Waals surface area (Å²) in [6, 6.07) is 5.02. The molecule has 118 valence electrons. The van der Waals surface area contributed by atoms with Crippen molar-refractivity contribution in [1.82, 2.24) is 0 Å². The lowest BCUT2D eigenvalue weighted by Gasteiger charge is -2.32. The molecule has 0 spiro atoms. The van der Waals surface area contributed by atoms with Crippen LogP contribution in [-0.4, -0.2) is 18.3 Å². The molecule has 0 bridgehead atoms. The first-order valence-corrected chi connectivity index (χ1v) is 7.88. The third-order valence-corrected chi connectivity index (χ3v) is 4.97. The Morgan fingerprint density at radius 3 is 2.43 bits per heavy atom. The van der Waals surface area contributed by atoms with Crippen molar-refractivity contribution in [2.24, 2.45) is 0 Å². The van der Waals surface area contributed by atoms with Gasteiger partial charge in [-0.2, -0.15) is 0 Å². The van der Waals surface area contributed by atoms with Gasteiger partial charge in [0.2, 0.25) is 0 Å². The van der Waals surface area contributed by atoms with Crippen LogP contribution in [0, 0.1) is 0 Å². The van der Waals surface area contributed by atoms with Gasteiger partial charge < -0.3 is 13.7 Å². The van der Waals surface area contributed by atoms with Crippen LogP contribution in [0.2, 0.25) is 5.02 Å². The van der Waals surface area contributed by atoms with Gasteiger partial charge in [-0.1, -0.05) is 23.7 Å². The van der Waals surface area contributed by atoms with Gasteiger partial charge in [-0.3, -0.25) is 0 Å². The monoisotopic (exact) mass is 331 g/mol. The molecule has 2 aromatic carbocycles. The zero-order valence-corrected chi connectivity index (χ0v) is 14.2. The van der Waals surface area contributed by atoms with E-state index in [1.165, 1.54) is 0 Å². The van der Waals surface area contributed by atoms with Gasteiger partial charge in [0.05, 0.1) is 15.3 Å². The zero-order chi connectivity index (χ0) is 19.0. The van der Waals surface area contributed by atoms with E-state index >= 15 is 0 Å². The van der Waals surface area contributed by atoms with Crippen molar-refractivity contribution < 1.29 is 17.8 Å². The van der Waals surface area contributed by atoms with E-state index in [1.807, 2.05) is 27.7 Å². The molecule has 1 fully saturated rings. The van der Waals surface area contributed by atoms with E-state index in [4.69, 9.17) is 29.4 Å². The van der Waals surface area contributed by atoms with E-state index in [-0.39, 0.29) is 28.7 Å².